The first-order valence-corrected chi connectivity index (χ1v) is 9.12. The number of carbonyl (C=O) groups excluding carboxylic acids is 1. The summed E-state index contributed by atoms with van der Waals surface area (Å²) < 4.78 is 10.8. The number of rotatable bonds is 8. The molecule has 148 valence electrons. The van der Waals surface area contributed by atoms with Crippen molar-refractivity contribution in [3.8, 4) is 5.75 Å². The van der Waals surface area contributed by atoms with Crippen LogP contribution in [0.4, 0.5) is 5.69 Å². The van der Waals surface area contributed by atoms with E-state index in [1.807, 2.05) is 18.2 Å². The molecule has 0 aromatic heterocycles. The molecule has 1 aliphatic rings. The summed E-state index contributed by atoms with van der Waals surface area (Å²) >= 11 is 0. The normalized spacial score (nSPS) is 14.4. The first-order chi connectivity index (χ1) is 13.6. The van der Waals surface area contributed by atoms with Gasteiger partial charge in [-0.05, 0) is 23.3 Å². The minimum absolute atomic E-state index is 0.0197. The fourth-order valence-electron chi connectivity index (χ4n) is 2.94. The molecular weight excluding hydrogens is 362 g/mol. The predicted molar refractivity (Wildman–Crippen MR) is 103 cm³/mol. The van der Waals surface area contributed by atoms with E-state index in [1.54, 1.807) is 0 Å². The van der Waals surface area contributed by atoms with Crippen molar-refractivity contribution in [2.24, 2.45) is 0 Å². The van der Waals surface area contributed by atoms with Gasteiger partial charge in [0.25, 0.3) is 11.6 Å². The zero-order valence-corrected chi connectivity index (χ0v) is 15.5. The second-order valence-corrected chi connectivity index (χ2v) is 6.47. The summed E-state index contributed by atoms with van der Waals surface area (Å²) in [7, 11) is 0. The second-order valence-electron chi connectivity index (χ2n) is 6.47. The topological polar surface area (TPSA) is 93.9 Å². The molecule has 0 bridgehead atoms. The molecule has 1 N–H and O–H groups in total. The molecule has 1 amide bonds. The zero-order valence-electron chi connectivity index (χ0n) is 15.5. The highest BCUT2D eigenvalue weighted by atomic mass is 16.6. The number of benzene rings is 2. The highest BCUT2D eigenvalue weighted by molar-refractivity contribution is 5.77. The number of nitrogens with one attached hydrogen (secondary N) is 1. The summed E-state index contributed by atoms with van der Waals surface area (Å²) in [5.74, 6) is 0.160. The van der Waals surface area contributed by atoms with Gasteiger partial charge in [-0.25, -0.2) is 0 Å². The third kappa shape index (κ3) is 5.77. The van der Waals surface area contributed by atoms with Crippen LogP contribution in [0.1, 0.15) is 11.1 Å². The number of carbonyl (C=O) groups is 1. The molecule has 0 saturated carbocycles. The molecule has 8 nitrogen and oxygen atoms in total. The molecule has 0 spiro atoms. The fraction of sp³-hybridized carbons (Fsp3) is 0.350. The van der Waals surface area contributed by atoms with Gasteiger partial charge in [0.15, 0.2) is 6.61 Å². The van der Waals surface area contributed by atoms with Crippen molar-refractivity contribution in [1.82, 2.24) is 10.2 Å². The Hall–Kier alpha value is -2.97. The quantitative estimate of drug-likeness (QED) is 0.553. The van der Waals surface area contributed by atoms with Crippen LogP contribution in [0.25, 0.3) is 0 Å². The van der Waals surface area contributed by atoms with Gasteiger partial charge in [0, 0.05) is 38.3 Å². The van der Waals surface area contributed by atoms with Gasteiger partial charge >= 0.3 is 0 Å². The molecular formula is C20H23N3O5. The molecule has 8 heteroatoms. The monoisotopic (exact) mass is 385 g/mol. The van der Waals surface area contributed by atoms with Crippen LogP contribution in [0.3, 0.4) is 0 Å². The third-order valence-corrected chi connectivity index (χ3v) is 4.51. The summed E-state index contributed by atoms with van der Waals surface area (Å²) in [4.78, 5) is 24.6. The van der Waals surface area contributed by atoms with E-state index in [2.05, 4.69) is 16.3 Å². The maximum absolute atomic E-state index is 12.1. The van der Waals surface area contributed by atoms with Crippen LogP contribution >= 0.6 is 0 Å². The van der Waals surface area contributed by atoms with E-state index in [0.29, 0.717) is 12.3 Å². The van der Waals surface area contributed by atoms with E-state index >= 15 is 0 Å². The lowest BCUT2D eigenvalue weighted by Gasteiger charge is -2.27. The Bertz CT molecular complexity index is 804. The maximum Gasteiger partial charge on any atom is 0.269 e. The highest BCUT2D eigenvalue weighted by Crippen LogP contribution is 2.17. The minimum Gasteiger partial charge on any atom is -0.484 e. The molecule has 2 aromatic carbocycles. The minimum atomic E-state index is -0.481. The summed E-state index contributed by atoms with van der Waals surface area (Å²) in [6.45, 7) is 4.41. The number of hydrogen-bond acceptors (Lipinski definition) is 6. The van der Waals surface area contributed by atoms with Crippen molar-refractivity contribution in [1.29, 1.82) is 0 Å². The van der Waals surface area contributed by atoms with Crippen molar-refractivity contribution >= 4 is 11.6 Å². The number of ether oxygens (including phenoxy) is 2. The molecule has 0 radical (unpaired) electrons. The van der Waals surface area contributed by atoms with Crippen LogP contribution < -0.4 is 10.1 Å². The van der Waals surface area contributed by atoms with Crippen molar-refractivity contribution in [2.75, 3.05) is 32.9 Å². The van der Waals surface area contributed by atoms with Crippen LogP contribution in [-0.4, -0.2) is 48.6 Å². The summed E-state index contributed by atoms with van der Waals surface area (Å²) in [5, 5.41) is 13.5. The molecule has 0 aliphatic carbocycles. The van der Waals surface area contributed by atoms with E-state index in [4.69, 9.17) is 9.47 Å². The lowest BCUT2D eigenvalue weighted by Crippen LogP contribution is -2.36. The molecule has 1 saturated heterocycles. The smallest absolute Gasteiger partial charge is 0.269 e. The van der Waals surface area contributed by atoms with Crippen LogP contribution in [0.2, 0.25) is 0 Å². The zero-order chi connectivity index (χ0) is 19.8. The Morgan fingerprint density at radius 2 is 1.79 bits per heavy atom. The average Bonchev–Trinajstić information content (AvgIpc) is 2.72. The number of nitro groups is 1. The van der Waals surface area contributed by atoms with Gasteiger partial charge in [0.2, 0.25) is 0 Å². The molecule has 28 heavy (non-hydrogen) atoms. The third-order valence-electron chi connectivity index (χ3n) is 4.51. The van der Waals surface area contributed by atoms with Gasteiger partial charge in [-0.1, -0.05) is 24.3 Å². The van der Waals surface area contributed by atoms with Gasteiger partial charge in [-0.2, -0.15) is 0 Å². The van der Waals surface area contributed by atoms with Crippen LogP contribution in [-0.2, 0) is 22.6 Å². The number of amides is 1. The Morgan fingerprint density at radius 1 is 1.11 bits per heavy atom. The molecule has 1 heterocycles. The summed E-state index contributed by atoms with van der Waals surface area (Å²) in [6, 6.07) is 13.7. The van der Waals surface area contributed by atoms with E-state index in [-0.39, 0.29) is 18.2 Å². The van der Waals surface area contributed by atoms with Gasteiger partial charge in [0.05, 0.1) is 18.1 Å². The standard InChI is InChI=1S/C20H23N3O5/c24-20(15-28-19-7-5-18(6-8-19)23(25)26)21-13-16-3-1-2-4-17(16)14-22-9-11-27-12-10-22/h1-8H,9-15H2,(H,21,24). The summed E-state index contributed by atoms with van der Waals surface area (Å²) in [6.07, 6.45) is 0. The fourth-order valence-corrected chi connectivity index (χ4v) is 2.94. The van der Waals surface area contributed by atoms with Crippen molar-refractivity contribution in [3.05, 3.63) is 69.8 Å². The Morgan fingerprint density at radius 3 is 2.46 bits per heavy atom. The molecule has 0 atom stereocenters. The second kappa shape index (κ2) is 9.82. The van der Waals surface area contributed by atoms with E-state index in [1.165, 1.54) is 29.8 Å². The van der Waals surface area contributed by atoms with Crippen molar-refractivity contribution in [2.45, 2.75) is 13.1 Å². The lowest BCUT2D eigenvalue weighted by atomic mass is 10.1. The van der Waals surface area contributed by atoms with E-state index in [9.17, 15) is 14.9 Å². The molecule has 1 aliphatic heterocycles. The van der Waals surface area contributed by atoms with Crippen LogP contribution in [0.15, 0.2) is 48.5 Å². The number of morpholine rings is 1. The maximum atomic E-state index is 12.1. The lowest BCUT2D eigenvalue weighted by molar-refractivity contribution is -0.384. The molecule has 1 fully saturated rings. The SMILES string of the molecule is O=C(COc1ccc([N+](=O)[O-])cc1)NCc1ccccc1CN1CCOCC1. The largest absolute Gasteiger partial charge is 0.484 e. The van der Waals surface area contributed by atoms with E-state index < -0.39 is 4.92 Å². The van der Waals surface area contributed by atoms with Crippen molar-refractivity contribution in [3.63, 3.8) is 0 Å². The Kier molecular flexibility index (Phi) is 6.94. The highest BCUT2D eigenvalue weighted by Gasteiger charge is 2.13. The Balaban J connectivity index is 1.48. The van der Waals surface area contributed by atoms with Gasteiger partial charge in [-0.15, -0.1) is 0 Å². The van der Waals surface area contributed by atoms with Crippen LogP contribution in [0, 0.1) is 10.1 Å². The number of nitro benzene ring substituents is 1. The molecule has 3 rings (SSSR count). The first kappa shape index (κ1) is 19.8. The first-order valence-electron chi connectivity index (χ1n) is 9.12. The van der Waals surface area contributed by atoms with Crippen LogP contribution in [0.5, 0.6) is 5.75 Å². The molecule has 2 aromatic rings. The number of hydrogen-bond donors (Lipinski definition) is 1. The number of non-ortho nitro benzene ring substituents is 1. The van der Waals surface area contributed by atoms with Gasteiger partial charge in [0.1, 0.15) is 5.75 Å². The number of nitrogens with zero attached hydrogens (tertiary/aromatic N) is 2. The predicted octanol–water partition coefficient (Wildman–Crippen LogP) is 2.12. The van der Waals surface area contributed by atoms with E-state index in [0.717, 1.165) is 38.4 Å². The van der Waals surface area contributed by atoms with Crippen molar-refractivity contribution < 1.29 is 19.2 Å². The average molecular weight is 385 g/mol. The summed E-state index contributed by atoms with van der Waals surface area (Å²) in [5.41, 5.74) is 2.23. The molecule has 0 unspecified atom stereocenters. The van der Waals surface area contributed by atoms with Gasteiger partial charge < -0.3 is 14.8 Å². The Labute approximate surface area is 163 Å². The van der Waals surface area contributed by atoms with Gasteiger partial charge in [-0.3, -0.25) is 19.8 Å².